The lowest BCUT2D eigenvalue weighted by Crippen LogP contribution is -2.44. The highest BCUT2D eigenvalue weighted by Crippen LogP contribution is 2.55. The Bertz CT molecular complexity index is 1150. The number of ether oxygens (including phenoxy) is 1. The fraction of sp³-hybridized carbons (Fsp3) is 0.273. The molecule has 2 aliphatic rings. The van der Waals surface area contributed by atoms with Crippen molar-refractivity contribution in [2.24, 2.45) is 0 Å². The number of rotatable bonds is 0. The number of benzene rings is 3. The second-order valence-corrected chi connectivity index (χ2v) is 7.98. The maximum Gasteiger partial charge on any atom is 0.445 e. The number of aromatic hydroxyl groups is 1. The Morgan fingerprint density at radius 1 is 1.04 bits per heavy atom. The molecule has 144 valence electrons. The van der Waals surface area contributed by atoms with Crippen molar-refractivity contribution in [3.63, 3.8) is 0 Å². The number of hydrogen-bond acceptors (Lipinski definition) is 3. The molecular formula is C22H18F3NO2. The van der Waals surface area contributed by atoms with E-state index in [0.717, 1.165) is 32.5 Å². The van der Waals surface area contributed by atoms with Crippen LogP contribution in [0.5, 0.6) is 11.5 Å². The summed E-state index contributed by atoms with van der Waals surface area (Å²) in [6, 6.07) is 12.9. The van der Waals surface area contributed by atoms with Crippen molar-refractivity contribution < 1.29 is 23.0 Å². The minimum Gasteiger partial charge on any atom is -0.507 e. The highest BCUT2D eigenvalue weighted by molar-refractivity contribution is 6.07. The Hall–Kier alpha value is -2.89. The topological polar surface area (TPSA) is 32.7 Å². The molecule has 0 amide bonds. The summed E-state index contributed by atoms with van der Waals surface area (Å²) in [7, 11) is 1.37. The van der Waals surface area contributed by atoms with E-state index < -0.39 is 12.4 Å². The van der Waals surface area contributed by atoms with E-state index in [9.17, 15) is 18.3 Å². The summed E-state index contributed by atoms with van der Waals surface area (Å²) in [5.41, 5.74) is 4.15. The van der Waals surface area contributed by atoms with Crippen molar-refractivity contribution in [1.29, 1.82) is 0 Å². The van der Waals surface area contributed by atoms with Gasteiger partial charge < -0.3 is 14.7 Å². The fourth-order valence-corrected chi connectivity index (χ4v) is 4.58. The molecule has 1 heterocycles. The van der Waals surface area contributed by atoms with Crippen LogP contribution in [0.4, 0.5) is 18.9 Å². The Kier molecular flexibility index (Phi) is 3.15. The summed E-state index contributed by atoms with van der Waals surface area (Å²) in [5.74, 6) is 0.164. The summed E-state index contributed by atoms with van der Waals surface area (Å²) >= 11 is 0. The van der Waals surface area contributed by atoms with E-state index in [1.165, 1.54) is 13.1 Å². The normalized spacial score (nSPS) is 19.4. The highest BCUT2D eigenvalue weighted by Gasteiger charge is 2.49. The van der Waals surface area contributed by atoms with Crippen LogP contribution in [-0.2, 0) is 5.41 Å². The molecule has 5 rings (SSSR count). The Balaban J connectivity index is 1.83. The predicted octanol–water partition coefficient (Wildman–Crippen LogP) is 5.57. The maximum absolute atomic E-state index is 13.3. The zero-order valence-corrected chi connectivity index (χ0v) is 15.6. The van der Waals surface area contributed by atoms with Gasteiger partial charge in [-0.1, -0.05) is 38.1 Å². The number of phenols is 1. The lowest BCUT2D eigenvalue weighted by Gasteiger charge is -2.23. The van der Waals surface area contributed by atoms with Crippen LogP contribution in [0.3, 0.4) is 0 Å². The van der Waals surface area contributed by atoms with E-state index in [0.29, 0.717) is 11.1 Å². The van der Waals surface area contributed by atoms with E-state index in [4.69, 9.17) is 4.74 Å². The molecule has 3 aromatic carbocycles. The molecule has 3 nitrogen and oxygen atoms in total. The monoisotopic (exact) mass is 385 g/mol. The Morgan fingerprint density at radius 3 is 2.46 bits per heavy atom. The Morgan fingerprint density at radius 2 is 1.75 bits per heavy atom. The summed E-state index contributed by atoms with van der Waals surface area (Å²) in [4.78, 5) is 1.09. The smallest absolute Gasteiger partial charge is 0.445 e. The standard InChI is InChI=1S/C22H18F3NO2/c1-21(2)14-7-5-4-6-11(14)19-13-8-16-18(9-12(13)17(27)10-15(19)21)28-20(26(16)3)22(23,24)25/h4-10,20,27H,1-3H3. The predicted molar refractivity (Wildman–Crippen MR) is 102 cm³/mol. The summed E-state index contributed by atoms with van der Waals surface area (Å²) in [6.07, 6.45) is -6.54. The number of alkyl halides is 3. The van der Waals surface area contributed by atoms with Gasteiger partial charge in [-0.25, -0.2) is 0 Å². The van der Waals surface area contributed by atoms with E-state index in [2.05, 4.69) is 19.9 Å². The summed E-state index contributed by atoms with van der Waals surface area (Å²) < 4.78 is 45.1. The second-order valence-electron chi connectivity index (χ2n) is 7.98. The number of anilines is 1. The van der Waals surface area contributed by atoms with Gasteiger partial charge in [0.05, 0.1) is 5.69 Å². The van der Waals surface area contributed by atoms with Crippen LogP contribution in [0.15, 0.2) is 42.5 Å². The van der Waals surface area contributed by atoms with E-state index in [-0.39, 0.29) is 16.9 Å². The minimum absolute atomic E-state index is 0.0409. The zero-order chi connectivity index (χ0) is 20.0. The summed E-state index contributed by atoms with van der Waals surface area (Å²) in [6.45, 7) is 4.18. The first-order chi connectivity index (χ1) is 13.1. The van der Waals surface area contributed by atoms with Gasteiger partial charge in [-0.15, -0.1) is 0 Å². The molecule has 0 aromatic heterocycles. The van der Waals surface area contributed by atoms with Crippen molar-refractivity contribution in [2.45, 2.75) is 31.7 Å². The molecule has 0 spiro atoms. The molecule has 1 atom stereocenters. The van der Waals surface area contributed by atoms with Crippen LogP contribution >= 0.6 is 0 Å². The molecule has 0 fully saturated rings. The first kappa shape index (κ1) is 17.2. The van der Waals surface area contributed by atoms with Crippen LogP contribution in [0.2, 0.25) is 0 Å². The van der Waals surface area contributed by atoms with E-state index >= 15 is 0 Å². The van der Waals surface area contributed by atoms with Gasteiger partial charge in [0.2, 0.25) is 0 Å². The molecule has 6 heteroatoms. The van der Waals surface area contributed by atoms with Crippen LogP contribution < -0.4 is 9.64 Å². The first-order valence-electron chi connectivity index (χ1n) is 9.01. The van der Waals surface area contributed by atoms with Crippen LogP contribution in [-0.4, -0.2) is 24.6 Å². The zero-order valence-electron chi connectivity index (χ0n) is 15.6. The van der Waals surface area contributed by atoms with Crippen molar-refractivity contribution >= 4 is 16.5 Å². The maximum atomic E-state index is 13.3. The van der Waals surface area contributed by atoms with E-state index in [1.54, 1.807) is 12.1 Å². The number of nitrogens with zero attached hydrogens (tertiary/aromatic N) is 1. The number of fused-ring (bicyclic) bond motifs is 6. The van der Waals surface area contributed by atoms with Crippen LogP contribution in [0, 0.1) is 0 Å². The molecule has 1 N–H and O–H groups in total. The van der Waals surface area contributed by atoms with Gasteiger partial charge in [0, 0.05) is 17.8 Å². The van der Waals surface area contributed by atoms with E-state index in [1.807, 2.05) is 18.2 Å². The van der Waals surface area contributed by atoms with Gasteiger partial charge in [-0.2, -0.15) is 13.2 Å². The van der Waals surface area contributed by atoms with Gasteiger partial charge in [0.25, 0.3) is 6.23 Å². The number of hydrogen-bond donors (Lipinski definition) is 1. The average Bonchev–Trinajstić information content (AvgIpc) is 3.07. The molecule has 1 unspecified atom stereocenters. The minimum atomic E-state index is -4.52. The molecule has 1 aliphatic carbocycles. The summed E-state index contributed by atoms with van der Waals surface area (Å²) in [5, 5.41) is 11.9. The van der Waals surface area contributed by atoms with Gasteiger partial charge >= 0.3 is 6.18 Å². The molecule has 0 saturated heterocycles. The van der Waals surface area contributed by atoms with Gasteiger partial charge in [0.15, 0.2) is 0 Å². The third-order valence-electron chi connectivity index (χ3n) is 5.99. The molecule has 28 heavy (non-hydrogen) atoms. The van der Waals surface area contributed by atoms with Gasteiger partial charge in [0.1, 0.15) is 11.5 Å². The van der Waals surface area contributed by atoms with Crippen LogP contribution in [0.1, 0.15) is 25.0 Å². The van der Waals surface area contributed by atoms with Crippen molar-refractivity contribution in [3.05, 3.63) is 53.6 Å². The lowest BCUT2D eigenvalue weighted by atomic mass is 9.82. The molecule has 0 bridgehead atoms. The quantitative estimate of drug-likeness (QED) is 0.549. The lowest BCUT2D eigenvalue weighted by molar-refractivity contribution is -0.189. The number of halogens is 3. The number of phenolic OH excluding ortho intramolecular Hbond substituents is 1. The van der Waals surface area contributed by atoms with Gasteiger partial charge in [-0.3, -0.25) is 0 Å². The third kappa shape index (κ3) is 2.06. The third-order valence-corrected chi connectivity index (χ3v) is 5.99. The second kappa shape index (κ2) is 5.13. The van der Waals surface area contributed by atoms with Gasteiger partial charge in [-0.05, 0) is 45.8 Å². The Labute approximate surface area is 160 Å². The SMILES string of the molecule is CN1c2cc3c4c(cc(O)c3cc2OC1C(F)(F)F)C(C)(C)c1ccccc1-4. The molecule has 1 aliphatic heterocycles. The molecule has 3 aromatic rings. The fourth-order valence-electron chi connectivity index (χ4n) is 4.58. The molecule has 0 saturated carbocycles. The first-order valence-corrected chi connectivity index (χ1v) is 9.01. The molecule has 0 radical (unpaired) electrons. The molecular weight excluding hydrogens is 367 g/mol. The van der Waals surface area contributed by atoms with Crippen LogP contribution in [0.25, 0.3) is 21.9 Å². The van der Waals surface area contributed by atoms with Crippen molar-refractivity contribution in [1.82, 2.24) is 0 Å². The highest BCUT2D eigenvalue weighted by atomic mass is 19.4. The largest absolute Gasteiger partial charge is 0.507 e. The van der Waals surface area contributed by atoms with Crippen molar-refractivity contribution in [2.75, 3.05) is 11.9 Å². The average molecular weight is 385 g/mol. The van der Waals surface area contributed by atoms with Crippen molar-refractivity contribution in [3.8, 4) is 22.6 Å².